The average Bonchev–Trinajstić information content (AvgIpc) is 2.35. The van der Waals surface area contributed by atoms with E-state index in [1.165, 1.54) is 0 Å². The second kappa shape index (κ2) is 6.51. The molecule has 0 aromatic heterocycles. The molecular formula is C10H7F11O2. The summed E-state index contributed by atoms with van der Waals surface area (Å²) in [5.74, 6) is -21.0. The zero-order valence-electron chi connectivity index (χ0n) is 10.7. The molecule has 0 saturated heterocycles. The summed E-state index contributed by atoms with van der Waals surface area (Å²) >= 11 is 0. The van der Waals surface area contributed by atoms with Crippen LogP contribution in [-0.4, -0.2) is 42.9 Å². The lowest BCUT2D eigenvalue weighted by Crippen LogP contribution is -2.57. The molecule has 13 heteroatoms. The van der Waals surface area contributed by atoms with Crippen LogP contribution in [0.1, 0.15) is 6.42 Å². The quantitative estimate of drug-likeness (QED) is 0.382. The fourth-order valence-corrected chi connectivity index (χ4v) is 1.01. The highest BCUT2D eigenvalue weighted by molar-refractivity contribution is 5.89. The molecule has 0 aliphatic carbocycles. The predicted molar refractivity (Wildman–Crippen MR) is 51.6 cm³/mol. The van der Waals surface area contributed by atoms with Crippen LogP contribution in [0.4, 0.5) is 48.3 Å². The average molecular weight is 368 g/mol. The second-order valence-electron chi connectivity index (χ2n) is 4.06. The maximum atomic E-state index is 12.9. The molecule has 0 saturated carbocycles. The van der Waals surface area contributed by atoms with Crippen molar-refractivity contribution in [3.8, 4) is 0 Å². The van der Waals surface area contributed by atoms with E-state index in [0.717, 1.165) is 0 Å². The van der Waals surface area contributed by atoms with Gasteiger partial charge in [-0.2, -0.15) is 39.5 Å². The maximum Gasteiger partial charge on any atom is 0.422 e. The van der Waals surface area contributed by atoms with Gasteiger partial charge in [0.1, 0.15) is 5.57 Å². The molecular weight excluding hydrogens is 361 g/mol. The van der Waals surface area contributed by atoms with Crippen LogP contribution < -0.4 is 0 Å². The fraction of sp³-hybridized carbons (Fsp3) is 0.700. The molecule has 0 bridgehead atoms. The van der Waals surface area contributed by atoms with Crippen molar-refractivity contribution in [3.05, 3.63) is 12.2 Å². The van der Waals surface area contributed by atoms with Crippen molar-refractivity contribution < 1.29 is 57.8 Å². The molecule has 2 nitrogen and oxygen atoms in total. The van der Waals surface area contributed by atoms with Crippen LogP contribution in [0.3, 0.4) is 0 Å². The highest BCUT2D eigenvalue weighted by Gasteiger charge is 2.74. The summed E-state index contributed by atoms with van der Waals surface area (Å²) in [5, 5.41) is 0. The number of hydrogen-bond donors (Lipinski definition) is 0. The second-order valence-corrected chi connectivity index (χ2v) is 4.06. The van der Waals surface area contributed by atoms with Gasteiger partial charge >= 0.3 is 36.3 Å². The number of carbonyl (C=O) groups excluding carboxylic acids is 1. The highest BCUT2D eigenvalue weighted by atomic mass is 19.4. The summed E-state index contributed by atoms with van der Waals surface area (Å²) in [7, 11) is 0. The molecule has 0 atom stereocenters. The summed E-state index contributed by atoms with van der Waals surface area (Å²) in [6.07, 6.45) is -12.8. The molecule has 0 aromatic rings. The summed E-state index contributed by atoms with van der Waals surface area (Å²) in [6, 6.07) is 0. The van der Waals surface area contributed by atoms with Crippen LogP contribution in [0.5, 0.6) is 0 Å². The van der Waals surface area contributed by atoms with E-state index in [1.807, 2.05) is 0 Å². The van der Waals surface area contributed by atoms with Gasteiger partial charge in [-0.05, 0) is 0 Å². The number of halogens is 11. The van der Waals surface area contributed by atoms with Gasteiger partial charge in [0.05, 0.1) is 13.0 Å². The number of hydrogen-bond acceptors (Lipinski definition) is 2. The molecule has 0 N–H and O–H groups in total. The first-order chi connectivity index (χ1) is 9.98. The first kappa shape index (κ1) is 21.4. The minimum absolute atomic E-state index is 1.87. The van der Waals surface area contributed by atoms with Crippen molar-refractivity contribution in [2.75, 3.05) is 6.61 Å². The Morgan fingerprint density at radius 1 is 0.957 bits per heavy atom. The van der Waals surface area contributed by atoms with Crippen LogP contribution in [-0.2, 0) is 9.53 Å². The van der Waals surface area contributed by atoms with Crippen molar-refractivity contribution in [3.63, 3.8) is 0 Å². The molecule has 0 radical (unpaired) electrons. The topological polar surface area (TPSA) is 26.3 Å². The van der Waals surface area contributed by atoms with Gasteiger partial charge in [0.2, 0.25) is 0 Å². The van der Waals surface area contributed by atoms with Crippen molar-refractivity contribution in [2.45, 2.75) is 36.8 Å². The number of esters is 1. The predicted octanol–water partition coefficient (Wildman–Crippen LogP) is 4.21. The lowest BCUT2D eigenvalue weighted by Gasteiger charge is -2.32. The number of rotatable bonds is 7. The van der Waals surface area contributed by atoms with Crippen LogP contribution in [0.15, 0.2) is 12.2 Å². The normalized spacial score (nSPS) is 14.1. The Kier molecular flexibility index (Phi) is 6.07. The van der Waals surface area contributed by atoms with Crippen molar-refractivity contribution >= 4 is 5.97 Å². The van der Waals surface area contributed by atoms with Crippen LogP contribution >= 0.6 is 0 Å². The van der Waals surface area contributed by atoms with Gasteiger partial charge in [-0.1, -0.05) is 6.58 Å². The lowest BCUT2D eigenvalue weighted by atomic mass is 10.0. The van der Waals surface area contributed by atoms with Crippen molar-refractivity contribution in [2.24, 2.45) is 0 Å². The summed E-state index contributed by atoms with van der Waals surface area (Å²) in [4.78, 5) is 10.7. The Hall–Kier alpha value is -1.56. The fourth-order valence-electron chi connectivity index (χ4n) is 1.01. The van der Waals surface area contributed by atoms with Gasteiger partial charge in [-0.3, -0.25) is 0 Å². The first-order valence-electron chi connectivity index (χ1n) is 5.33. The van der Waals surface area contributed by atoms with E-state index in [2.05, 4.69) is 11.3 Å². The Balaban J connectivity index is 4.90. The maximum absolute atomic E-state index is 12.9. The third-order valence-corrected chi connectivity index (χ3v) is 2.39. The molecule has 0 aliphatic heterocycles. The minimum Gasteiger partial charge on any atom is -0.462 e. The van der Waals surface area contributed by atoms with Crippen molar-refractivity contribution in [1.82, 2.24) is 0 Å². The summed E-state index contributed by atoms with van der Waals surface area (Å²) in [5.41, 5.74) is -2.16. The van der Waals surface area contributed by atoms with Crippen LogP contribution in [0.25, 0.3) is 0 Å². The van der Waals surface area contributed by atoms with Crippen LogP contribution in [0.2, 0.25) is 0 Å². The zero-order chi connectivity index (χ0) is 18.9. The van der Waals surface area contributed by atoms with Crippen LogP contribution in [0, 0.1) is 0 Å². The Bertz CT molecular complexity index is 452. The largest absolute Gasteiger partial charge is 0.462 e. The standard InChI is InChI=1S/C10H7F11O2/c1-4(9(17,18)19)5(22)23-3-2-7(13,14)10(20,21)8(15,16)6(11)12/h6H,1-3H2. The Morgan fingerprint density at radius 2 is 1.39 bits per heavy atom. The highest BCUT2D eigenvalue weighted by Crippen LogP contribution is 2.49. The molecule has 0 fully saturated rings. The zero-order valence-corrected chi connectivity index (χ0v) is 10.7. The van der Waals surface area contributed by atoms with E-state index in [4.69, 9.17) is 0 Å². The number of ether oxygens (including phenoxy) is 1. The third kappa shape index (κ3) is 4.47. The van der Waals surface area contributed by atoms with Gasteiger partial charge in [0, 0.05) is 0 Å². The Labute approximate surface area is 120 Å². The van der Waals surface area contributed by atoms with Crippen molar-refractivity contribution in [1.29, 1.82) is 0 Å². The summed E-state index contributed by atoms with van der Waals surface area (Å²) in [6.45, 7) is 0.333. The lowest BCUT2D eigenvalue weighted by molar-refractivity contribution is -0.340. The smallest absolute Gasteiger partial charge is 0.422 e. The number of alkyl halides is 11. The minimum atomic E-state index is -6.53. The molecule has 0 spiro atoms. The molecule has 0 aromatic carbocycles. The Morgan fingerprint density at radius 3 is 1.74 bits per heavy atom. The van der Waals surface area contributed by atoms with Gasteiger partial charge < -0.3 is 4.74 Å². The molecule has 0 aliphatic rings. The third-order valence-electron chi connectivity index (χ3n) is 2.39. The number of carbonyl (C=O) groups is 1. The molecule has 0 rings (SSSR count). The molecule has 23 heavy (non-hydrogen) atoms. The van der Waals surface area contributed by atoms with Gasteiger partial charge in [-0.15, -0.1) is 0 Å². The van der Waals surface area contributed by atoms with Gasteiger partial charge in [0.15, 0.2) is 0 Å². The van der Waals surface area contributed by atoms with E-state index >= 15 is 0 Å². The van der Waals surface area contributed by atoms with E-state index in [9.17, 15) is 53.1 Å². The monoisotopic (exact) mass is 368 g/mol. The summed E-state index contributed by atoms with van der Waals surface area (Å²) < 4.78 is 139. The van der Waals surface area contributed by atoms with Gasteiger partial charge in [-0.25, -0.2) is 13.6 Å². The van der Waals surface area contributed by atoms with E-state index < -0.39 is 54.9 Å². The van der Waals surface area contributed by atoms with Gasteiger partial charge in [0.25, 0.3) is 0 Å². The SMILES string of the molecule is C=C(C(=O)OCCC(F)(F)C(F)(F)C(F)(F)C(F)F)C(F)(F)F. The first-order valence-corrected chi connectivity index (χ1v) is 5.33. The molecule has 0 heterocycles. The van der Waals surface area contributed by atoms with E-state index in [0.29, 0.717) is 0 Å². The molecule has 0 unspecified atom stereocenters. The van der Waals surface area contributed by atoms with E-state index in [-0.39, 0.29) is 0 Å². The van der Waals surface area contributed by atoms with E-state index in [1.54, 1.807) is 0 Å². The molecule has 136 valence electrons. The molecule has 0 amide bonds.